The lowest BCUT2D eigenvalue weighted by molar-refractivity contribution is 0.0233. The fourth-order valence-electron chi connectivity index (χ4n) is 1.16. The van der Waals surface area contributed by atoms with Gasteiger partial charge in [0.25, 0.3) is 0 Å². The van der Waals surface area contributed by atoms with Crippen molar-refractivity contribution < 1.29 is 9.84 Å². The van der Waals surface area contributed by atoms with E-state index >= 15 is 0 Å². The molecule has 1 rings (SSSR count). The summed E-state index contributed by atoms with van der Waals surface area (Å²) in [6.45, 7) is 2.81. The fraction of sp³-hybridized carbons (Fsp3) is 0.750. The first-order valence-corrected chi connectivity index (χ1v) is 3.99. The lowest BCUT2D eigenvalue weighted by Crippen LogP contribution is -2.39. The molecular formula is C8H15NO2. The first-order chi connectivity index (χ1) is 5.23. The number of aliphatic hydroxyl groups is 1. The van der Waals surface area contributed by atoms with Gasteiger partial charge in [-0.3, -0.25) is 0 Å². The average molecular weight is 157 g/mol. The van der Waals surface area contributed by atoms with Crippen molar-refractivity contribution >= 4 is 0 Å². The van der Waals surface area contributed by atoms with Crippen LogP contribution in [-0.4, -0.2) is 23.9 Å². The second-order valence-electron chi connectivity index (χ2n) is 2.79. The maximum Gasteiger partial charge on any atom is 0.133 e. The Hall–Kier alpha value is -0.540. The Bertz CT molecular complexity index is 161. The summed E-state index contributed by atoms with van der Waals surface area (Å²) in [5.41, 5.74) is 4.51. The second kappa shape index (κ2) is 3.24. The van der Waals surface area contributed by atoms with Crippen LogP contribution in [0.4, 0.5) is 0 Å². The molecule has 1 aliphatic heterocycles. The van der Waals surface area contributed by atoms with Gasteiger partial charge in [0.2, 0.25) is 0 Å². The molecule has 3 N–H and O–H groups in total. The second-order valence-corrected chi connectivity index (χ2v) is 2.79. The normalized spacial score (nSPS) is 22.3. The molecule has 1 heterocycles. The molecule has 11 heavy (non-hydrogen) atoms. The third-order valence-corrected chi connectivity index (χ3v) is 2.09. The molecule has 0 saturated carbocycles. The minimum Gasteiger partial charge on any atom is -0.495 e. The number of hydrogen-bond donors (Lipinski definition) is 2. The zero-order valence-corrected chi connectivity index (χ0v) is 6.84. The van der Waals surface area contributed by atoms with Gasteiger partial charge >= 0.3 is 0 Å². The molecule has 0 bridgehead atoms. The van der Waals surface area contributed by atoms with E-state index in [0.29, 0.717) is 18.8 Å². The van der Waals surface area contributed by atoms with E-state index in [1.165, 1.54) is 0 Å². The van der Waals surface area contributed by atoms with Crippen molar-refractivity contribution in [3.63, 3.8) is 0 Å². The Morgan fingerprint density at radius 2 is 2.55 bits per heavy atom. The predicted octanol–water partition coefficient (Wildman–Crippen LogP) is 0.390. The summed E-state index contributed by atoms with van der Waals surface area (Å²) in [6, 6.07) is 0. The van der Waals surface area contributed by atoms with E-state index in [1.807, 2.05) is 13.0 Å². The molecule has 0 aromatic heterocycles. The number of ether oxygens (including phenoxy) is 1. The van der Waals surface area contributed by atoms with Crippen LogP contribution in [0, 0.1) is 0 Å². The number of nitrogens with two attached hydrogens (primary N) is 1. The summed E-state index contributed by atoms with van der Waals surface area (Å²) >= 11 is 0. The van der Waals surface area contributed by atoms with E-state index in [-0.39, 0.29) is 6.54 Å². The van der Waals surface area contributed by atoms with Crippen molar-refractivity contribution in [3.05, 3.63) is 11.8 Å². The Kier molecular flexibility index (Phi) is 2.52. The molecule has 0 saturated heterocycles. The lowest BCUT2D eigenvalue weighted by Gasteiger charge is -2.25. The Morgan fingerprint density at radius 1 is 1.82 bits per heavy atom. The average Bonchev–Trinajstić information content (AvgIpc) is 2.55. The highest BCUT2D eigenvalue weighted by atomic mass is 16.5. The molecule has 64 valence electrons. The van der Waals surface area contributed by atoms with Crippen LogP contribution in [0.3, 0.4) is 0 Å². The molecule has 3 heteroatoms. The highest BCUT2D eigenvalue weighted by Gasteiger charge is 2.31. The molecule has 0 fully saturated rings. The van der Waals surface area contributed by atoms with Crippen molar-refractivity contribution in [2.75, 3.05) is 13.2 Å². The Labute approximate surface area is 66.8 Å². The van der Waals surface area contributed by atoms with Crippen LogP contribution in [0.1, 0.15) is 19.8 Å². The smallest absolute Gasteiger partial charge is 0.133 e. The van der Waals surface area contributed by atoms with Gasteiger partial charge in [0, 0.05) is 13.0 Å². The van der Waals surface area contributed by atoms with Gasteiger partial charge in [-0.1, -0.05) is 6.92 Å². The molecule has 1 atom stereocenters. The predicted molar refractivity (Wildman–Crippen MR) is 42.9 cm³/mol. The lowest BCUT2D eigenvalue weighted by atomic mass is 9.98. The fourth-order valence-corrected chi connectivity index (χ4v) is 1.16. The van der Waals surface area contributed by atoms with Gasteiger partial charge in [-0.05, 0) is 12.5 Å². The maximum absolute atomic E-state index is 9.81. The van der Waals surface area contributed by atoms with Crippen molar-refractivity contribution in [1.82, 2.24) is 0 Å². The summed E-state index contributed by atoms with van der Waals surface area (Å²) in [7, 11) is 0. The summed E-state index contributed by atoms with van der Waals surface area (Å²) < 4.78 is 5.23. The summed E-state index contributed by atoms with van der Waals surface area (Å²) in [4.78, 5) is 0. The van der Waals surface area contributed by atoms with Gasteiger partial charge in [0.15, 0.2) is 0 Å². The SMILES string of the molecule is CCC(O)(CN)C1=CCCO1. The molecule has 3 nitrogen and oxygen atoms in total. The van der Waals surface area contributed by atoms with Crippen LogP contribution in [0.15, 0.2) is 11.8 Å². The topological polar surface area (TPSA) is 55.5 Å². The van der Waals surface area contributed by atoms with E-state index < -0.39 is 5.60 Å². The number of hydrogen-bond acceptors (Lipinski definition) is 3. The quantitative estimate of drug-likeness (QED) is 0.623. The molecule has 0 aliphatic carbocycles. The van der Waals surface area contributed by atoms with Crippen LogP contribution in [0.2, 0.25) is 0 Å². The zero-order valence-electron chi connectivity index (χ0n) is 6.84. The molecule has 1 unspecified atom stereocenters. The number of rotatable bonds is 3. The van der Waals surface area contributed by atoms with Crippen LogP contribution >= 0.6 is 0 Å². The van der Waals surface area contributed by atoms with Crippen molar-refractivity contribution in [2.24, 2.45) is 5.73 Å². The van der Waals surface area contributed by atoms with Crippen LogP contribution in [0.25, 0.3) is 0 Å². The van der Waals surface area contributed by atoms with Crippen molar-refractivity contribution in [3.8, 4) is 0 Å². The summed E-state index contributed by atoms with van der Waals surface area (Å²) in [5, 5.41) is 9.81. The third kappa shape index (κ3) is 1.54. The third-order valence-electron chi connectivity index (χ3n) is 2.09. The molecule has 0 aromatic carbocycles. The Morgan fingerprint density at radius 3 is 2.91 bits per heavy atom. The van der Waals surface area contributed by atoms with E-state index in [0.717, 1.165) is 6.42 Å². The first-order valence-electron chi connectivity index (χ1n) is 3.99. The van der Waals surface area contributed by atoms with Gasteiger partial charge < -0.3 is 15.6 Å². The van der Waals surface area contributed by atoms with Gasteiger partial charge in [-0.2, -0.15) is 0 Å². The van der Waals surface area contributed by atoms with E-state index in [2.05, 4.69) is 0 Å². The zero-order chi connectivity index (χ0) is 8.32. The molecule has 0 aromatic rings. The maximum atomic E-state index is 9.81. The van der Waals surface area contributed by atoms with E-state index in [9.17, 15) is 5.11 Å². The van der Waals surface area contributed by atoms with Crippen molar-refractivity contribution in [2.45, 2.75) is 25.4 Å². The molecule has 0 amide bonds. The first kappa shape index (κ1) is 8.56. The molecule has 0 spiro atoms. The molecule has 1 aliphatic rings. The van der Waals surface area contributed by atoms with Crippen LogP contribution < -0.4 is 5.73 Å². The van der Waals surface area contributed by atoms with E-state index in [4.69, 9.17) is 10.5 Å². The monoisotopic (exact) mass is 157 g/mol. The van der Waals surface area contributed by atoms with Crippen LogP contribution in [0.5, 0.6) is 0 Å². The van der Waals surface area contributed by atoms with Crippen LogP contribution in [-0.2, 0) is 4.74 Å². The highest BCUT2D eigenvalue weighted by molar-refractivity contribution is 5.13. The molecular weight excluding hydrogens is 142 g/mol. The van der Waals surface area contributed by atoms with Gasteiger partial charge in [-0.25, -0.2) is 0 Å². The standard InChI is InChI=1S/C8H15NO2/c1-2-8(10,6-9)7-4-3-5-11-7/h4,10H,2-3,5-6,9H2,1H3. The minimum absolute atomic E-state index is 0.231. The molecule has 0 radical (unpaired) electrons. The summed E-state index contributed by atoms with van der Waals surface area (Å²) in [5.74, 6) is 0.655. The largest absolute Gasteiger partial charge is 0.495 e. The van der Waals surface area contributed by atoms with Gasteiger partial charge in [-0.15, -0.1) is 0 Å². The summed E-state index contributed by atoms with van der Waals surface area (Å²) in [6.07, 6.45) is 3.41. The van der Waals surface area contributed by atoms with E-state index in [1.54, 1.807) is 0 Å². The van der Waals surface area contributed by atoms with Crippen molar-refractivity contribution in [1.29, 1.82) is 0 Å². The minimum atomic E-state index is -0.920. The Balaban J connectivity index is 2.67. The van der Waals surface area contributed by atoms with Gasteiger partial charge in [0.05, 0.1) is 6.61 Å². The van der Waals surface area contributed by atoms with Gasteiger partial charge in [0.1, 0.15) is 11.4 Å². The highest BCUT2D eigenvalue weighted by Crippen LogP contribution is 2.24.